The molecule has 184 valence electrons. The quantitative estimate of drug-likeness (QED) is 0.120. The van der Waals surface area contributed by atoms with Crippen LogP contribution in [0.1, 0.15) is 12.5 Å². The van der Waals surface area contributed by atoms with Gasteiger partial charge in [0.25, 0.3) is 5.56 Å². The average molecular weight is 624 g/mol. The number of benzene rings is 3. The molecule has 0 fully saturated rings. The van der Waals surface area contributed by atoms with Crippen LogP contribution in [0.5, 0.6) is 11.5 Å². The zero-order chi connectivity index (χ0) is 25.9. The Hall–Kier alpha value is -3.81. The number of hydrogen-bond donors (Lipinski definition) is 0. The van der Waals surface area contributed by atoms with E-state index in [1.165, 1.54) is 4.68 Å². The molecule has 0 radical (unpaired) electrons. The molecule has 9 heteroatoms. The lowest BCUT2D eigenvalue weighted by molar-refractivity contribution is 0.298. The van der Waals surface area contributed by atoms with Gasteiger partial charge in [-0.3, -0.25) is 4.79 Å². The Kier molecular flexibility index (Phi) is 7.17. The van der Waals surface area contributed by atoms with Gasteiger partial charge >= 0.3 is 0 Å². The van der Waals surface area contributed by atoms with Crippen LogP contribution in [-0.2, 0) is 0 Å². The average Bonchev–Trinajstić information content (AvgIpc) is 3.31. The number of furan rings is 1. The molecular weight excluding hydrogens is 605 g/mol. The molecule has 5 rings (SSSR count). The van der Waals surface area contributed by atoms with Crippen molar-refractivity contribution >= 4 is 62.3 Å². The molecule has 2 heterocycles. The second-order valence-corrected chi connectivity index (χ2v) is 9.46. The van der Waals surface area contributed by atoms with E-state index in [9.17, 15) is 4.79 Å². The fourth-order valence-corrected chi connectivity index (χ4v) is 4.78. The van der Waals surface area contributed by atoms with Gasteiger partial charge in [-0.25, -0.2) is 4.98 Å². The summed E-state index contributed by atoms with van der Waals surface area (Å²) in [6.45, 7) is 2.44. The molecule has 3 aromatic carbocycles. The molecular formula is C28H19ClIN3O4. The van der Waals surface area contributed by atoms with Gasteiger partial charge in [0.1, 0.15) is 12.2 Å². The van der Waals surface area contributed by atoms with Crippen molar-refractivity contribution in [3.63, 3.8) is 0 Å². The Bertz CT molecular complexity index is 1770. The van der Waals surface area contributed by atoms with Gasteiger partial charge in [0, 0.05) is 10.4 Å². The molecule has 5 aromatic rings. The first-order valence-corrected chi connectivity index (χ1v) is 12.7. The number of fused-ring (bicyclic) bond motifs is 2. The van der Waals surface area contributed by atoms with Gasteiger partial charge in [0.2, 0.25) is 5.82 Å². The fourth-order valence-electron chi connectivity index (χ4n) is 3.82. The van der Waals surface area contributed by atoms with Crippen molar-refractivity contribution in [2.75, 3.05) is 13.2 Å². The van der Waals surface area contributed by atoms with Crippen molar-refractivity contribution < 1.29 is 13.9 Å². The lowest BCUT2D eigenvalue weighted by Gasteiger charge is -2.13. The Morgan fingerprint density at radius 2 is 2.03 bits per heavy atom. The molecule has 0 unspecified atom stereocenters. The lowest BCUT2D eigenvalue weighted by atomic mass is 10.2. The van der Waals surface area contributed by atoms with Crippen molar-refractivity contribution in [3.05, 3.63) is 85.2 Å². The Labute approximate surface area is 230 Å². The molecule has 0 aliphatic carbocycles. The molecule has 0 aliphatic heterocycles. The first kappa shape index (κ1) is 24.9. The minimum atomic E-state index is -0.330. The number of ether oxygens (including phenoxy) is 2. The smallest absolute Gasteiger partial charge is 0.282 e. The molecule has 0 atom stereocenters. The maximum Gasteiger partial charge on any atom is 0.282 e. The summed E-state index contributed by atoms with van der Waals surface area (Å²) in [5, 5.41) is 6.33. The molecule has 0 bridgehead atoms. The minimum Gasteiger partial charge on any atom is -0.490 e. The van der Waals surface area contributed by atoms with Crippen LogP contribution >= 0.6 is 34.2 Å². The van der Waals surface area contributed by atoms with E-state index in [0.717, 1.165) is 8.96 Å². The van der Waals surface area contributed by atoms with Crippen molar-refractivity contribution in [1.82, 2.24) is 9.66 Å². The number of nitrogens with zero attached hydrogens (tertiary/aromatic N) is 3. The third kappa shape index (κ3) is 5.05. The van der Waals surface area contributed by atoms with E-state index in [4.69, 9.17) is 36.9 Å². The van der Waals surface area contributed by atoms with Gasteiger partial charge in [-0.1, -0.05) is 29.7 Å². The molecule has 2 aromatic heterocycles. The van der Waals surface area contributed by atoms with Crippen molar-refractivity contribution in [2.24, 2.45) is 5.10 Å². The van der Waals surface area contributed by atoms with E-state index >= 15 is 0 Å². The van der Waals surface area contributed by atoms with Crippen LogP contribution in [0.2, 0.25) is 5.02 Å². The maximum atomic E-state index is 13.5. The summed E-state index contributed by atoms with van der Waals surface area (Å²) < 4.78 is 19.5. The monoisotopic (exact) mass is 623 g/mol. The summed E-state index contributed by atoms with van der Waals surface area (Å²) in [6, 6.07) is 17.8. The topological polar surface area (TPSA) is 78.9 Å². The van der Waals surface area contributed by atoms with E-state index < -0.39 is 0 Å². The van der Waals surface area contributed by atoms with Crippen LogP contribution in [0.15, 0.2) is 75.0 Å². The first-order valence-electron chi connectivity index (χ1n) is 11.3. The van der Waals surface area contributed by atoms with Crippen LogP contribution in [-0.4, -0.2) is 29.1 Å². The summed E-state index contributed by atoms with van der Waals surface area (Å²) in [5.41, 5.74) is 1.53. The summed E-state index contributed by atoms with van der Waals surface area (Å²) >= 11 is 8.30. The number of para-hydroxylation sites is 1. The van der Waals surface area contributed by atoms with Gasteiger partial charge in [0.15, 0.2) is 17.3 Å². The van der Waals surface area contributed by atoms with E-state index in [-0.39, 0.29) is 18.0 Å². The van der Waals surface area contributed by atoms with Crippen LogP contribution in [0.25, 0.3) is 33.5 Å². The first-order chi connectivity index (χ1) is 18.0. The Morgan fingerprint density at radius 3 is 2.84 bits per heavy atom. The Balaban J connectivity index is 1.65. The second kappa shape index (κ2) is 10.7. The lowest BCUT2D eigenvalue weighted by Crippen LogP contribution is -2.20. The highest BCUT2D eigenvalue weighted by molar-refractivity contribution is 14.1. The van der Waals surface area contributed by atoms with Crippen LogP contribution in [0.3, 0.4) is 0 Å². The predicted octanol–water partition coefficient (Wildman–Crippen LogP) is 6.36. The minimum absolute atomic E-state index is 0.119. The maximum absolute atomic E-state index is 13.5. The van der Waals surface area contributed by atoms with Crippen LogP contribution in [0.4, 0.5) is 0 Å². The summed E-state index contributed by atoms with van der Waals surface area (Å²) in [7, 11) is 0. The zero-order valence-corrected chi connectivity index (χ0v) is 22.5. The molecule has 0 spiro atoms. The third-order valence-corrected chi connectivity index (χ3v) is 6.44. The van der Waals surface area contributed by atoms with Crippen LogP contribution in [0, 0.1) is 15.9 Å². The third-order valence-electron chi connectivity index (χ3n) is 5.41. The van der Waals surface area contributed by atoms with E-state index in [2.05, 4.69) is 33.6 Å². The van der Waals surface area contributed by atoms with Gasteiger partial charge in [-0.05, 0) is 83.6 Å². The van der Waals surface area contributed by atoms with Crippen LogP contribution < -0.4 is 15.0 Å². The molecule has 0 aliphatic rings. The number of halogens is 2. The second-order valence-electron chi connectivity index (χ2n) is 7.86. The molecule has 7 nitrogen and oxygen atoms in total. The number of terminal acetylenes is 1. The van der Waals surface area contributed by atoms with Gasteiger partial charge in [-0.2, -0.15) is 9.78 Å². The molecule has 0 saturated heterocycles. The van der Waals surface area contributed by atoms with Crippen molar-refractivity contribution in [2.45, 2.75) is 6.92 Å². The SMILES string of the molecule is C#CCOc1c(I)cc(C=Nn2c(-c3cc4cc(Cl)ccc4o3)nc3ccccc3c2=O)cc1OCC. The molecule has 0 saturated carbocycles. The van der Waals surface area contributed by atoms with Gasteiger partial charge in [0.05, 0.1) is 27.3 Å². The van der Waals surface area contributed by atoms with Crippen molar-refractivity contribution in [1.29, 1.82) is 0 Å². The Morgan fingerprint density at radius 1 is 1.19 bits per heavy atom. The standard InChI is InChI=1S/C28H19ClIN3O4/c1-3-11-36-26-21(30)12-17(13-24(26)35-4-2)16-31-33-27(32-22-8-6-5-7-20(22)28(33)34)25-15-18-14-19(29)9-10-23(18)37-25/h1,5-10,12-16H,4,11H2,2H3. The van der Waals surface area contributed by atoms with E-state index in [1.807, 2.05) is 19.1 Å². The number of aromatic nitrogens is 2. The highest BCUT2D eigenvalue weighted by atomic mass is 127. The van der Waals surface area contributed by atoms with Crippen molar-refractivity contribution in [3.8, 4) is 35.4 Å². The zero-order valence-electron chi connectivity index (χ0n) is 19.6. The highest BCUT2D eigenvalue weighted by Crippen LogP contribution is 2.34. The van der Waals surface area contributed by atoms with Gasteiger partial charge < -0.3 is 13.9 Å². The fraction of sp³-hybridized carbons (Fsp3) is 0.107. The largest absolute Gasteiger partial charge is 0.490 e. The summed E-state index contributed by atoms with van der Waals surface area (Å²) in [6.07, 6.45) is 6.91. The van der Waals surface area contributed by atoms with Gasteiger partial charge in [-0.15, -0.1) is 6.42 Å². The highest BCUT2D eigenvalue weighted by Gasteiger charge is 2.17. The molecule has 0 amide bonds. The molecule has 0 N–H and O–H groups in total. The number of rotatable bonds is 7. The van der Waals surface area contributed by atoms with E-state index in [0.29, 0.717) is 50.9 Å². The molecule has 37 heavy (non-hydrogen) atoms. The normalized spacial score (nSPS) is 11.3. The van der Waals surface area contributed by atoms with E-state index in [1.54, 1.807) is 54.7 Å². The summed E-state index contributed by atoms with van der Waals surface area (Å²) in [4.78, 5) is 18.2. The number of hydrogen-bond acceptors (Lipinski definition) is 6. The summed E-state index contributed by atoms with van der Waals surface area (Å²) in [5.74, 6) is 4.21. The predicted molar refractivity (Wildman–Crippen MR) is 154 cm³/mol.